The van der Waals surface area contributed by atoms with Crippen LogP contribution < -0.4 is 15.8 Å². The Morgan fingerprint density at radius 1 is 1.12 bits per heavy atom. The van der Waals surface area contributed by atoms with Gasteiger partial charge in [0.25, 0.3) is 5.91 Å². The summed E-state index contributed by atoms with van der Waals surface area (Å²) in [5, 5.41) is 4.93. The molecule has 0 bridgehead atoms. The molecule has 0 radical (unpaired) electrons. The number of carbonyl (C=O) groups excluding carboxylic acids is 1. The van der Waals surface area contributed by atoms with Gasteiger partial charge in [-0.25, -0.2) is 20.4 Å². The molecule has 124 valence electrons. The number of hydrogen-bond donors (Lipinski definition) is 2. The average molecular weight is 323 g/mol. The summed E-state index contributed by atoms with van der Waals surface area (Å²) in [5.41, 5.74) is 6.19. The summed E-state index contributed by atoms with van der Waals surface area (Å²) >= 11 is 0. The van der Waals surface area contributed by atoms with E-state index in [1.807, 2.05) is 38.1 Å². The van der Waals surface area contributed by atoms with Gasteiger partial charge in [0.2, 0.25) is 5.95 Å². The number of fused-ring (bicyclic) bond motifs is 1. The molecule has 1 aromatic carbocycles. The van der Waals surface area contributed by atoms with E-state index in [4.69, 9.17) is 0 Å². The van der Waals surface area contributed by atoms with Crippen molar-refractivity contribution in [2.24, 2.45) is 5.92 Å². The van der Waals surface area contributed by atoms with E-state index in [-0.39, 0.29) is 23.9 Å². The van der Waals surface area contributed by atoms with Crippen molar-refractivity contribution >= 4 is 11.9 Å². The van der Waals surface area contributed by atoms with Crippen LogP contribution in [-0.2, 0) is 4.79 Å². The highest BCUT2D eigenvalue weighted by molar-refractivity contribution is 5.96. The number of rotatable bonds is 2. The van der Waals surface area contributed by atoms with Crippen LogP contribution in [0.1, 0.15) is 29.3 Å². The second-order valence-electron chi connectivity index (χ2n) is 6.52. The smallest absolute Gasteiger partial charge is 0.250 e. The number of nitrogens with zero attached hydrogens (tertiary/aromatic N) is 3. The van der Waals surface area contributed by atoms with Crippen LogP contribution in [0.2, 0.25) is 0 Å². The van der Waals surface area contributed by atoms with E-state index in [0.717, 1.165) is 24.4 Å². The van der Waals surface area contributed by atoms with E-state index in [2.05, 4.69) is 32.8 Å². The van der Waals surface area contributed by atoms with Crippen LogP contribution >= 0.6 is 0 Å². The van der Waals surface area contributed by atoms with Gasteiger partial charge in [-0.2, -0.15) is 0 Å². The fourth-order valence-corrected chi connectivity index (χ4v) is 3.76. The molecule has 24 heavy (non-hydrogen) atoms. The topological polar surface area (TPSA) is 70.2 Å². The lowest BCUT2D eigenvalue weighted by molar-refractivity contribution is -0.121. The number of aromatic nitrogens is 2. The zero-order chi connectivity index (χ0) is 16.7. The average Bonchev–Trinajstić information content (AvgIpc) is 2.92. The standard InChI is InChI=1S/C18H21N5O/c1-11-10-12(2)21-18(20-11)23-17(24)15-14(8-9-19-16(15)22-23)13-6-4-3-5-7-13/h3-7,10,14-16,19,22H,8-9H2,1-2H3. The van der Waals surface area contributed by atoms with Crippen molar-refractivity contribution < 1.29 is 4.79 Å². The third-order valence-corrected chi connectivity index (χ3v) is 4.78. The molecule has 0 aliphatic carbocycles. The minimum atomic E-state index is -0.148. The first-order valence-electron chi connectivity index (χ1n) is 8.34. The zero-order valence-electron chi connectivity index (χ0n) is 13.9. The zero-order valence-corrected chi connectivity index (χ0v) is 13.9. The number of hydrazine groups is 1. The maximum absolute atomic E-state index is 13.1. The number of anilines is 1. The minimum Gasteiger partial charge on any atom is -0.300 e. The molecular formula is C18H21N5O. The van der Waals surface area contributed by atoms with Gasteiger partial charge < -0.3 is 0 Å². The van der Waals surface area contributed by atoms with Gasteiger partial charge >= 0.3 is 0 Å². The van der Waals surface area contributed by atoms with E-state index < -0.39 is 0 Å². The normalized spacial score (nSPS) is 26.5. The van der Waals surface area contributed by atoms with Crippen molar-refractivity contribution in [3.8, 4) is 0 Å². The first-order valence-corrected chi connectivity index (χ1v) is 8.34. The van der Waals surface area contributed by atoms with Crippen molar-refractivity contribution in [1.82, 2.24) is 20.7 Å². The number of aryl methyl sites for hydroxylation is 2. The summed E-state index contributed by atoms with van der Waals surface area (Å²) in [4.78, 5) is 21.9. The fourth-order valence-electron chi connectivity index (χ4n) is 3.76. The van der Waals surface area contributed by atoms with Crippen LogP contribution in [0.4, 0.5) is 5.95 Å². The predicted molar refractivity (Wildman–Crippen MR) is 91.2 cm³/mol. The molecule has 1 amide bonds. The highest BCUT2D eigenvalue weighted by Crippen LogP contribution is 2.37. The number of hydrogen-bond acceptors (Lipinski definition) is 5. The number of piperidine rings is 1. The third-order valence-electron chi connectivity index (χ3n) is 4.78. The lowest BCUT2D eigenvalue weighted by atomic mass is 9.79. The van der Waals surface area contributed by atoms with E-state index in [0.29, 0.717) is 5.95 Å². The van der Waals surface area contributed by atoms with E-state index in [1.54, 1.807) is 0 Å². The number of benzene rings is 1. The fraction of sp³-hybridized carbons (Fsp3) is 0.389. The van der Waals surface area contributed by atoms with Crippen LogP contribution in [0.5, 0.6) is 0 Å². The molecule has 1 aromatic heterocycles. The Morgan fingerprint density at radius 2 is 1.83 bits per heavy atom. The molecule has 2 aliphatic heterocycles. The predicted octanol–water partition coefficient (Wildman–Crippen LogP) is 1.66. The number of carbonyl (C=O) groups is 1. The molecule has 2 N–H and O–H groups in total. The van der Waals surface area contributed by atoms with Gasteiger partial charge in [-0.1, -0.05) is 30.3 Å². The van der Waals surface area contributed by atoms with Crippen molar-refractivity contribution in [2.75, 3.05) is 11.6 Å². The first kappa shape index (κ1) is 15.2. The van der Waals surface area contributed by atoms with Crippen LogP contribution in [0, 0.1) is 19.8 Å². The van der Waals surface area contributed by atoms with Crippen molar-refractivity contribution in [3.63, 3.8) is 0 Å². The van der Waals surface area contributed by atoms with Gasteiger partial charge in [-0.05, 0) is 44.4 Å². The molecule has 2 saturated heterocycles. The SMILES string of the molecule is Cc1cc(C)nc(N2NC3NCCC(c4ccccc4)C3C2=O)n1. The lowest BCUT2D eigenvalue weighted by Gasteiger charge is -2.32. The Hall–Kier alpha value is -2.31. The Morgan fingerprint density at radius 3 is 2.54 bits per heavy atom. The molecule has 2 fully saturated rings. The van der Waals surface area contributed by atoms with Gasteiger partial charge in [-0.15, -0.1) is 0 Å². The maximum atomic E-state index is 13.1. The highest BCUT2D eigenvalue weighted by atomic mass is 16.2. The van der Waals surface area contributed by atoms with Gasteiger partial charge in [0, 0.05) is 11.4 Å². The quantitative estimate of drug-likeness (QED) is 0.880. The van der Waals surface area contributed by atoms with Crippen LogP contribution in [0.3, 0.4) is 0 Å². The van der Waals surface area contributed by atoms with Gasteiger partial charge in [0.15, 0.2) is 0 Å². The van der Waals surface area contributed by atoms with Crippen molar-refractivity contribution in [2.45, 2.75) is 32.4 Å². The molecule has 4 rings (SSSR count). The summed E-state index contributed by atoms with van der Waals surface area (Å²) < 4.78 is 0. The van der Waals surface area contributed by atoms with Gasteiger partial charge in [0.1, 0.15) is 0 Å². The molecule has 2 aromatic rings. The number of amides is 1. The Bertz CT molecular complexity index is 743. The van der Waals surface area contributed by atoms with Crippen molar-refractivity contribution in [3.05, 3.63) is 53.3 Å². The van der Waals surface area contributed by atoms with Gasteiger partial charge in [-0.3, -0.25) is 10.1 Å². The van der Waals surface area contributed by atoms with Gasteiger partial charge in [0.05, 0.1) is 12.1 Å². The highest BCUT2D eigenvalue weighted by Gasteiger charge is 2.48. The second-order valence-corrected chi connectivity index (χ2v) is 6.52. The van der Waals surface area contributed by atoms with E-state index >= 15 is 0 Å². The Labute approximate surface area is 141 Å². The summed E-state index contributed by atoms with van der Waals surface area (Å²) in [6.45, 7) is 4.70. The summed E-state index contributed by atoms with van der Waals surface area (Å²) in [5.74, 6) is 0.519. The van der Waals surface area contributed by atoms with Crippen molar-refractivity contribution in [1.29, 1.82) is 0 Å². The molecule has 0 saturated carbocycles. The van der Waals surface area contributed by atoms with E-state index in [1.165, 1.54) is 10.6 Å². The monoisotopic (exact) mass is 323 g/mol. The molecule has 0 spiro atoms. The summed E-state index contributed by atoms with van der Waals surface area (Å²) in [7, 11) is 0. The molecule has 3 heterocycles. The number of nitrogens with one attached hydrogen (secondary N) is 2. The summed E-state index contributed by atoms with van der Waals surface area (Å²) in [6.07, 6.45) is 0.862. The Balaban J connectivity index is 1.67. The molecule has 2 aliphatic rings. The van der Waals surface area contributed by atoms with Crippen LogP contribution in [0.15, 0.2) is 36.4 Å². The minimum absolute atomic E-state index is 0.0334. The second kappa shape index (κ2) is 5.96. The lowest BCUT2D eigenvalue weighted by Crippen LogP contribution is -2.50. The molecule has 3 unspecified atom stereocenters. The molecule has 3 atom stereocenters. The molecule has 6 nitrogen and oxygen atoms in total. The first-order chi connectivity index (χ1) is 11.6. The van der Waals surface area contributed by atoms with Crippen LogP contribution in [-0.4, -0.2) is 28.6 Å². The Kier molecular flexibility index (Phi) is 3.78. The summed E-state index contributed by atoms with van der Waals surface area (Å²) in [6, 6.07) is 12.2. The third kappa shape index (κ3) is 2.57. The maximum Gasteiger partial charge on any atom is 0.250 e. The molecule has 6 heteroatoms. The van der Waals surface area contributed by atoms with E-state index in [9.17, 15) is 4.79 Å². The largest absolute Gasteiger partial charge is 0.300 e. The van der Waals surface area contributed by atoms with Crippen LogP contribution in [0.25, 0.3) is 0 Å². The molecular weight excluding hydrogens is 302 g/mol.